The Labute approximate surface area is 138 Å². The Kier molecular flexibility index (Phi) is 5.70. The summed E-state index contributed by atoms with van der Waals surface area (Å²) >= 11 is 1.16. The maximum Gasteiger partial charge on any atom is 0.264 e. The molecule has 1 aromatic carbocycles. The number of hydrogen-bond donors (Lipinski definition) is 1. The molecule has 0 atom stereocenters. The first-order chi connectivity index (χ1) is 11.0. The van der Waals surface area contributed by atoms with Crippen molar-refractivity contribution < 1.29 is 19.1 Å². The van der Waals surface area contributed by atoms with Crippen LogP contribution in [-0.2, 0) is 4.79 Å². The molecule has 0 saturated carbocycles. The van der Waals surface area contributed by atoms with Gasteiger partial charge in [-0.3, -0.25) is 14.9 Å². The predicted octanol–water partition coefficient (Wildman–Crippen LogP) is 3.07. The standard InChI is InChI=1S/C16H18N2O4S/c1-4-21-12-5-7-13(8-6-12)22-9-14(20)18-16-17-10(2)15(23-16)11(3)19/h5-8H,4,9H2,1-3H3,(H,17,18,20). The molecule has 0 aliphatic rings. The molecule has 6 nitrogen and oxygen atoms in total. The van der Waals surface area contributed by atoms with E-state index < -0.39 is 0 Å². The highest BCUT2D eigenvalue weighted by molar-refractivity contribution is 7.17. The van der Waals surface area contributed by atoms with Gasteiger partial charge >= 0.3 is 0 Å². The fourth-order valence-corrected chi connectivity index (χ4v) is 2.76. The molecule has 122 valence electrons. The van der Waals surface area contributed by atoms with Crippen molar-refractivity contribution in [1.82, 2.24) is 4.98 Å². The zero-order valence-corrected chi connectivity index (χ0v) is 14.0. The van der Waals surface area contributed by atoms with Gasteiger partial charge in [0.05, 0.1) is 17.2 Å². The first-order valence-electron chi connectivity index (χ1n) is 7.13. The molecule has 1 heterocycles. The summed E-state index contributed by atoms with van der Waals surface area (Å²) in [5, 5.41) is 3.02. The molecule has 1 aromatic heterocycles. The number of nitrogens with one attached hydrogen (secondary N) is 1. The molecule has 2 aromatic rings. The molecule has 1 amide bonds. The van der Waals surface area contributed by atoms with Gasteiger partial charge in [-0.05, 0) is 38.1 Å². The fourth-order valence-electron chi connectivity index (χ4n) is 1.88. The van der Waals surface area contributed by atoms with Crippen LogP contribution in [0, 0.1) is 6.92 Å². The molecule has 0 spiro atoms. The minimum Gasteiger partial charge on any atom is -0.494 e. The monoisotopic (exact) mass is 334 g/mol. The summed E-state index contributed by atoms with van der Waals surface area (Å²) in [7, 11) is 0. The molecule has 0 unspecified atom stereocenters. The highest BCUT2D eigenvalue weighted by Crippen LogP contribution is 2.23. The summed E-state index contributed by atoms with van der Waals surface area (Å²) < 4.78 is 10.7. The van der Waals surface area contributed by atoms with Gasteiger partial charge in [0.1, 0.15) is 11.5 Å². The number of hydrogen-bond acceptors (Lipinski definition) is 6. The number of thiazole rings is 1. The summed E-state index contributed by atoms with van der Waals surface area (Å²) in [6.45, 7) is 5.58. The number of nitrogens with zero attached hydrogens (tertiary/aromatic N) is 1. The van der Waals surface area contributed by atoms with Gasteiger partial charge in [0.2, 0.25) is 0 Å². The normalized spacial score (nSPS) is 10.2. The van der Waals surface area contributed by atoms with Gasteiger partial charge in [-0.2, -0.15) is 0 Å². The first kappa shape index (κ1) is 17.0. The number of benzene rings is 1. The van der Waals surface area contributed by atoms with Crippen LogP contribution >= 0.6 is 11.3 Å². The van der Waals surface area contributed by atoms with Crippen molar-refractivity contribution in [3.05, 3.63) is 34.8 Å². The SMILES string of the molecule is CCOc1ccc(OCC(=O)Nc2nc(C)c(C(C)=O)s2)cc1. The first-order valence-corrected chi connectivity index (χ1v) is 7.95. The van der Waals surface area contributed by atoms with Crippen molar-refractivity contribution in [3.63, 3.8) is 0 Å². The van der Waals surface area contributed by atoms with E-state index in [1.165, 1.54) is 6.92 Å². The van der Waals surface area contributed by atoms with Gasteiger partial charge in [-0.25, -0.2) is 4.98 Å². The van der Waals surface area contributed by atoms with E-state index in [0.29, 0.717) is 28.1 Å². The quantitative estimate of drug-likeness (QED) is 0.787. The van der Waals surface area contributed by atoms with Crippen molar-refractivity contribution in [2.24, 2.45) is 0 Å². The van der Waals surface area contributed by atoms with Gasteiger partial charge in [-0.1, -0.05) is 11.3 Å². The van der Waals surface area contributed by atoms with E-state index in [0.717, 1.165) is 17.1 Å². The number of carbonyl (C=O) groups excluding carboxylic acids is 2. The van der Waals surface area contributed by atoms with Crippen LogP contribution in [-0.4, -0.2) is 29.9 Å². The minimum absolute atomic E-state index is 0.0638. The Morgan fingerprint density at radius 3 is 2.30 bits per heavy atom. The number of aromatic nitrogens is 1. The Hall–Kier alpha value is -2.41. The molecule has 0 bridgehead atoms. The van der Waals surface area contributed by atoms with Crippen LogP contribution in [0.15, 0.2) is 24.3 Å². The third kappa shape index (κ3) is 4.79. The number of aryl methyl sites for hydroxylation is 1. The van der Waals surface area contributed by atoms with Gasteiger partial charge in [0, 0.05) is 6.92 Å². The maximum absolute atomic E-state index is 11.9. The van der Waals surface area contributed by atoms with Gasteiger partial charge in [0.15, 0.2) is 17.5 Å². The molecule has 23 heavy (non-hydrogen) atoms. The van der Waals surface area contributed by atoms with E-state index in [9.17, 15) is 9.59 Å². The molecule has 0 aliphatic carbocycles. The fraction of sp³-hybridized carbons (Fsp3) is 0.312. The van der Waals surface area contributed by atoms with Gasteiger partial charge in [0.25, 0.3) is 5.91 Å². The van der Waals surface area contributed by atoms with E-state index in [4.69, 9.17) is 9.47 Å². The molecular formula is C16H18N2O4S. The zero-order chi connectivity index (χ0) is 16.8. The molecule has 7 heteroatoms. The number of ketones is 1. The van der Waals surface area contributed by atoms with Crippen LogP contribution in [0.4, 0.5) is 5.13 Å². The highest BCUT2D eigenvalue weighted by atomic mass is 32.1. The number of carbonyl (C=O) groups is 2. The maximum atomic E-state index is 11.9. The Balaban J connectivity index is 1.87. The smallest absolute Gasteiger partial charge is 0.264 e. The van der Waals surface area contributed by atoms with Crippen LogP contribution in [0.3, 0.4) is 0 Å². The number of anilines is 1. The second-order valence-electron chi connectivity index (χ2n) is 4.73. The lowest BCUT2D eigenvalue weighted by Gasteiger charge is -2.07. The number of amides is 1. The van der Waals surface area contributed by atoms with Crippen LogP contribution in [0.25, 0.3) is 0 Å². The molecule has 0 fully saturated rings. The summed E-state index contributed by atoms with van der Waals surface area (Å²) in [5.41, 5.74) is 0.616. The lowest BCUT2D eigenvalue weighted by Crippen LogP contribution is -2.20. The molecule has 0 radical (unpaired) electrons. The summed E-state index contributed by atoms with van der Waals surface area (Å²) in [4.78, 5) is 27.9. The second kappa shape index (κ2) is 7.73. The molecule has 0 aliphatic heterocycles. The van der Waals surface area contributed by atoms with Crippen LogP contribution < -0.4 is 14.8 Å². The van der Waals surface area contributed by atoms with Crippen molar-refractivity contribution in [2.45, 2.75) is 20.8 Å². The van der Waals surface area contributed by atoms with Crippen LogP contribution in [0.1, 0.15) is 29.2 Å². The Bertz CT molecular complexity index is 695. The van der Waals surface area contributed by atoms with Crippen LogP contribution in [0.5, 0.6) is 11.5 Å². The van der Waals surface area contributed by atoms with Crippen LogP contribution in [0.2, 0.25) is 0 Å². The summed E-state index contributed by atoms with van der Waals surface area (Å²) in [6, 6.07) is 7.03. The number of rotatable bonds is 7. The van der Waals surface area contributed by atoms with Crippen molar-refractivity contribution in [3.8, 4) is 11.5 Å². The largest absolute Gasteiger partial charge is 0.494 e. The predicted molar refractivity (Wildman–Crippen MR) is 88.6 cm³/mol. The summed E-state index contributed by atoms with van der Waals surface area (Å²) in [6.07, 6.45) is 0. The topological polar surface area (TPSA) is 77.5 Å². The van der Waals surface area contributed by atoms with E-state index in [1.807, 2.05) is 6.92 Å². The summed E-state index contributed by atoms with van der Waals surface area (Å²) in [5.74, 6) is 0.927. The van der Waals surface area contributed by atoms with E-state index in [1.54, 1.807) is 31.2 Å². The van der Waals surface area contributed by atoms with Gasteiger partial charge < -0.3 is 9.47 Å². The van der Waals surface area contributed by atoms with Crippen molar-refractivity contribution in [2.75, 3.05) is 18.5 Å². The molecule has 2 rings (SSSR count). The molecular weight excluding hydrogens is 316 g/mol. The lowest BCUT2D eigenvalue weighted by molar-refractivity contribution is -0.118. The van der Waals surface area contributed by atoms with E-state index in [-0.39, 0.29) is 18.3 Å². The van der Waals surface area contributed by atoms with E-state index >= 15 is 0 Å². The zero-order valence-electron chi connectivity index (χ0n) is 13.2. The number of ether oxygens (including phenoxy) is 2. The number of Topliss-reactive ketones (excluding diaryl/α,β-unsaturated/α-hetero) is 1. The van der Waals surface area contributed by atoms with Gasteiger partial charge in [-0.15, -0.1) is 0 Å². The minimum atomic E-state index is -0.331. The third-order valence-electron chi connectivity index (χ3n) is 2.87. The Morgan fingerprint density at radius 1 is 1.17 bits per heavy atom. The second-order valence-corrected chi connectivity index (χ2v) is 5.73. The van der Waals surface area contributed by atoms with Crippen molar-refractivity contribution in [1.29, 1.82) is 0 Å². The average Bonchev–Trinajstić information content (AvgIpc) is 2.87. The average molecular weight is 334 g/mol. The van der Waals surface area contributed by atoms with E-state index in [2.05, 4.69) is 10.3 Å². The highest BCUT2D eigenvalue weighted by Gasteiger charge is 2.13. The van der Waals surface area contributed by atoms with Crippen molar-refractivity contribution >= 4 is 28.2 Å². The molecule has 0 saturated heterocycles. The third-order valence-corrected chi connectivity index (χ3v) is 4.04. The molecule has 1 N–H and O–H groups in total. The lowest BCUT2D eigenvalue weighted by atomic mass is 10.3. The Morgan fingerprint density at radius 2 is 1.78 bits per heavy atom.